The van der Waals surface area contributed by atoms with E-state index in [9.17, 15) is 9.59 Å². The van der Waals surface area contributed by atoms with E-state index in [1.807, 2.05) is 0 Å². The van der Waals surface area contributed by atoms with Gasteiger partial charge in [0.25, 0.3) is 5.91 Å². The fourth-order valence-electron chi connectivity index (χ4n) is 1.82. The maximum Gasteiger partial charge on any atom is 0.254 e. The molecule has 0 aliphatic carbocycles. The first-order valence-electron chi connectivity index (χ1n) is 5.12. The number of fused-ring (bicyclic) bond motifs is 1. The molecule has 0 atom stereocenters. The van der Waals surface area contributed by atoms with Crippen molar-refractivity contribution in [3.05, 3.63) is 39.1 Å². The molecule has 0 bridgehead atoms. The number of carbonyl (C=O) groups excluding carboxylic acids is 1. The molecule has 0 radical (unpaired) electrons. The maximum absolute atomic E-state index is 12.1. The molecule has 0 aliphatic heterocycles. The lowest BCUT2D eigenvalue weighted by atomic mass is 10.1. The van der Waals surface area contributed by atoms with Crippen LogP contribution < -0.4 is 15.9 Å². The number of carbonyl (C=O) groups is 1. The quantitative estimate of drug-likeness (QED) is 0.890. The third-order valence-corrected chi connectivity index (χ3v) is 3.02. The standard InChI is InChI=1S/C12H11ClN2O3/c1-15-5-7(12(14)17)11(16)6-3-10(18-2)8(13)4-9(6)15/h3-5H,1-2H3,(H2,14,17). The van der Waals surface area contributed by atoms with Gasteiger partial charge in [0.1, 0.15) is 11.3 Å². The first-order valence-corrected chi connectivity index (χ1v) is 5.50. The molecule has 6 heteroatoms. The van der Waals surface area contributed by atoms with Crippen LogP contribution in [0.15, 0.2) is 23.1 Å². The highest BCUT2D eigenvalue weighted by Crippen LogP contribution is 2.28. The maximum atomic E-state index is 12.1. The molecule has 1 amide bonds. The van der Waals surface area contributed by atoms with E-state index in [1.165, 1.54) is 19.4 Å². The topological polar surface area (TPSA) is 74.3 Å². The Kier molecular flexibility index (Phi) is 3.00. The summed E-state index contributed by atoms with van der Waals surface area (Å²) in [6, 6.07) is 3.12. The van der Waals surface area contributed by atoms with Crippen molar-refractivity contribution in [3.63, 3.8) is 0 Å². The number of primary amides is 1. The Morgan fingerprint density at radius 2 is 2.11 bits per heavy atom. The number of rotatable bonds is 2. The summed E-state index contributed by atoms with van der Waals surface area (Å²) in [7, 11) is 3.16. The number of amides is 1. The van der Waals surface area contributed by atoms with E-state index >= 15 is 0 Å². The van der Waals surface area contributed by atoms with E-state index in [0.29, 0.717) is 21.7 Å². The van der Waals surface area contributed by atoms with Gasteiger partial charge in [-0.3, -0.25) is 9.59 Å². The summed E-state index contributed by atoms with van der Waals surface area (Å²) in [5.41, 5.74) is 5.29. The zero-order valence-electron chi connectivity index (χ0n) is 9.86. The second-order valence-corrected chi connectivity index (χ2v) is 4.26. The number of halogens is 1. The summed E-state index contributed by atoms with van der Waals surface area (Å²) in [5.74, 6) is -0.380. The molecule has 0 aliphatic rings. The highest BCUT2D eigenvalue weighted by molar-refractivity contribution is 6.32. The van der Waals surface area contributed by atoms with E-state index in [1.54, 1.807) is 17.7 Å². The summed E-state index contributed by atoms with van der Waals surface area (Å²) >= 11 is 6.00. The second kappa shape index (κ2) is 4.34. The van der Waals surface area contributed by atoms with Crippen molar-refractivity contribution in [3.8, 4) is 5.75 Å². The average molecular weight is 267 g/mol. The summed E-state index contributed by atoms with van der Waals surface area (Å²) in [5, 5.41) is 0.738. The molecule has 18 heavy (non-hydrogen) atoms. The third-order valence-electron chi connectivity index (χ3n) is 2.73. The van der Waals surface area contributed by atoms with Crippen molar-refractivity contribution in [2.24, 2.45) is 12.8 Å². The molecule has 1 heterocycles. The molecule has 2 aromatic rings. The Labute approximate surface area is 108 Å². The van der Waals surface area contributed by atoms with Crippen LogP contribution in [0.1, 0.15) is 10.4 Å². The van der Waals surface area contributed by atoms with Gasteiger partial charge >= 0.3 is 0 Å². The molecule has 2 rings (SSSR count). The smallest absolute Gasteiger partial charge is 0.254 e. The van der Waals surface area contributed by atoms with Crippen molar-refractivity contribution >= 4 is 28.4 Å². The minimum Gasteiger partial charge on any atom is -0.495 e. The summed E-state index contributed by atoms with van der Waals surface area (Å²) in [6.45, 7) is 0. The van der Waals surface area contributed by atoms with E-state index < -0.39 is 11.3 Å². The van der Waals surface area contributed by atoms with Crippen molar-refractivity contribution in [2.75, 3.05) is 7.11 Å². The van der Waals surface area contributed by atoms with Crippen LogP contribution in [0.2, 0.25) is 5.02 Å². The number of hydrogen-bond donors (Lipinski definition) is 1. The third kappa shape index (κ3) is 1.82. The molecule has 0 unspecified atom stereocenters. The van der Waals surface area contributed by atoms with Crippen molar-refractivity contribution in [1.29, 1.82) is 0 Å². The average Bonchev–Trinajstić information content (AvgIpc) is 2.33. The molecule has 0 spiro atoms. The Morgan fingerprint density at radius 1 is 1.44 bits per heavy atom. The minimum atomic E-state index is -0.758. The van der Waals surface area contributed by atoms with Gasteiger partial charge in [0.15, 0.2) is 0 Å². The van der Waals surface area contributed by atoms with Gasteiger partial charge in [-0.1, -0.05) is 11.6 Å². The fourth-order valence-corrected chi connectivity index (χ4v) is 2.05. The molecule has 94 valence electrons. The molecular weight excluding hydrogens is 256 g/mol. The van der Waals surface area contributed by atoms with Crippen molar-refractivity contribution < 1.29 is 9.53 Å². The van der Waals surface area contributed by atoms with Crippen LogP contribution in [-0.4, -0.2) is 17.6 Å². The monoisotopic (exact) mass is 266 g/mol. The van der Waals surface area contributed by atoms with Crippen LogP contribution in [0.4, 0.5) is 0 Å². The van der Waals surface area contributed by atoms with Gasteiger partial charge in [-0.25, -0.2) is 0 Å². The second-order valence-electron chi connectivity index (χ2n) is 3.85. The van der Waals surface area contributed by atoms with E-state index in [4.69, 9.17) is 22.1 Å². The largest absolute Gasteiger partial charge is 0.495 e. The summed E-state index contributed by atoms with van der Waals surface area (Å²) in [4.78, 5) is 23.3. The number of aryl methyl sites for hydroxylation is 1. The number of methoxy groups -OCH3 is 1. The number of nitrogens with zero attached hydrogens (tertiary/aromatic N) is 1. The number of nitrogens with two attached hydrogens (primary N) is 1. The van der Waals surface area contributed by atoms with Crippen molar-refractivity contribution in [2.45, 2.75) is 0 Å². The predicted octanol–water partition coefficient (Wildman–Crippen LogP) is 1.30. The number of aromatic nitrogens is 1. The molecule has 5 nitrogen and oxygen atoms in total. The van der Waals surface area contributed by atoms with E-state index in [-0.39, 0.29) is 5.56 Å². The van der Waals surface area contributed by atoms with Crippen molar-refractivity contribution in [1.82, 2.24) is 4.57 Å². The van der Waals surface area contributed by atoms with Crippen LogP contribution >= 0.6 is 11.6 Å². The van der Waals surface area contributed by atoms with Crippen LogP contribution in [0.3, 0.4) is 0 Å². The van der Waals surface area contributed by atoms with Gasteiger partial charge in [0.2, 0.25) is 5.43 Å². The Balaban J connectivity index is 2.95. The van der Waals surface area contributed by atoms with Crippen LogP contribution in [0.5, 0.6) is 5.75 Å². The number of ether oxygens (including phenoxy) is 1. The zero-order chi connectivity index (χ0) is 13.4. The lowest BCUT2D eigenvalue weighted by Crippen LogP contribution is -2.23. The molecule has 1 aromatic heterocycles. The van der Waals surface area contributed by atoms with Gasteiger partial charge in [-0.2, -0.15) is 0 Å². The van der Waals surface area contributed by atoms with Gasteiger partial charge < -0.3 is 15.0 Å². The Hall–Kier alpha value is -2.01. The molecule has 0 fully saturated rings. The molecular formula is C12H11ClN2O3. The van der Waals surface area contributed by atoms with Gasteiger partial charge in [-0.05, 0) is 12.1 Å². The highest BCUT2D eigenvalue weighted by atomic mass is 35.5. The van der Waals surface area contributed by atoms with E-state index in [2.05, 4.69) is 0 Å². The zero-order valence-corrected chi connectivity index (χ0v) is 10.6. The molecule has 1 aromatic carbocycles. The Morgan fingerprint density at radius 3 is 2.67 bits per heavy atom. The molecule has 2 N–H and O–H groups in total. The SMILES string of the molecule is COc1cc2c(=O)c(C(N)=O)cn(C)c2cc1Cl. The van der Waals surface area contributed by atoms with Gasteiger partial charge in [0, 0.05) is 13.2 Å². The number of hydrogen-bond acceptors (Lipinski definition) is 3. The fraction of sp³-hybridized carbons (Fsp3) is 0.167. The van der Waals surface area contributed by atoms with Gasteiger partial charge in [-0.15, -0.1) is 0 Å². The minimum absolute atomic E-state index is 0.0608. The number of pyridine rings is 1. The summed E-state index contributed by atoms with van der Waals surface area (Å²) < 4.78 is 6.68. The normalized spacial score (nSPS) is 10.6. The lowest BCUT2D eigenvalue weighted by molar-refractivity contribution is 0.0999. The van der Waals surface area contributed by atoms with Crippen LogP contribution in [-0.2, 0) is 7.05 Å². The number of benzene rings is 1. The highest BCUT2D eigenvalue weighted by Gasteiger charge is 2.14. The molecule has 0 saturated carbocycles. The lowest BCUT2D eigenvalue weighted by Gasteiger charge is -2.10. The first-order chi connectivity index (χ1) is 8.45. The Bertz CT molecular complexity index is 707. The first kappa shape index (κ1) is 12.4. The van der Waals surface area contributed by atoms with Crippen LogP contribution in [0, 0.1) is 0 Å². The predicted molar refractivity (Wildman–Crippen MR) is 69.3 cm³/mol. The molecule has 0 saturated heterocycles. The van der Waals surface area contributed by atoms with E-state index in [0.717, 1.165) is 0 Å². The van der Waals surface area contributed by atoms with Gasteiger partial charge in [0.05, 0.1) is 23.0 Å². The summed E-state index contributed by atoms with van der Waals surface area (Å²) in [6.07, 6.45) is 1.40. The van der Waals surface area contributed by atoms with Crippen LogP contribution in [0.25, 0.3) is 10.9 Å².